The minimum Gasteiger partial charge on any atom is -0.0658 e. The standard InChI is InChI=1S/C24H52Si/c1-2-3-4-5-6-7-8-9-10-11-12-13-14-15-16-17-18-19-20-21-22-23-24-25/h2-24H2,1,25H3. The molecule has 0 radical (unpaired) electrons. The third-order valence-corrected chi connectivity index (χ3v) is 6.41. The van der Waals surface area contributed by atoms with E-state index >= 15 is 0 Å². The minimum absolute atomic E-state index is 1.38. The second-order valence-electron chi connectivity index (χ2n) is 8.42. The van der Waals surface area contributed by atoms with E-state index in [2.05, 4.69) is 6.92 Å². The van der Waals surface area contributed by atoms with E-state index in [1.807, 2.05) is 0 Å². The molecule has 0 aromatic carbocycles. The van der Waals surface area contributed by atoms with E-state index in [1.165, 1.54) is 158 Å². The van der Waals surface area contributed by atoms with Crippen molar-refractivity contribution >= 4 is 10.2 Å². The molecule has 0 aliphatic carbocycles. The molecule has 152 valence electrons. The van der Waals surface area contributed by atoms with Gasteiger partial charge in [0.25, 0.3) is 0 Å². The quantitative estimate of drug-likeness (QED) is 0.133. The van der Waals surface area contributed by atoms with Crippen molar-refractivity contribution in [3.63, 3.8) is 0 Å². The Hall–Kier alpha value is 0.217. The van der Waals surface area contributed by atoms with Gasteiger partial charge in [0.2, 0.25) is 0 Å². The second-order valence-corrected chi connectivity index (χ2v) is 9.42. The molecule has 0 unspecified atom stereocenters. The molecule has 1 heteroatoms. The lowest BCUT2D eigenvalue weighted by atomic mass is 10.0. The zero-order valence-electron chi connectivity index (χ0n) is 18.3. The van der Waals surface area contributed by atoms with E-state index in [0.717, 1.165) is 0 Å². The van der Waals surface area contributed by atoms with Gasteiger partial charge in [-0.3, -0.25) is 0 Å². The minimum atomic E-state index is 1.38. The summed E-state index contributed by atoms with van der Waals surface area (Å²) in [5.41, 5.74) is 0. The van der Waals surface area contributed by atoms with Crippen LogP contribution in [0.2, 0.25) is 6.04 Å². The summed E-state index contributed by atoms with van der Waals surface area (Å²) in [4.78, 5) is 0. The first kappa shape index (κ1) is 25.2. The molecule has 0 N–H and O–H groups in total. The van der Waals surface area contributed by atoms with Crippen LogP contribution in [0, 0.1) is 0 Å². The SMILES string of the molecule is CCCCCCCCCCCCCCCCCCCCCCCC[SiH3]. The second kappa shape index (κ2) is 24.2. The number of rotatable bonds is 22. The Bertz CT molecular complexity index is 192. The van der Waals surface area contributed by atoms with Crippen LogP contribution in [0.15, 0.2) is 0 Å². The molecular weight excluding hydrogens is 316 g/mol. The molecule has 0 bridgehead atoms. The zero-order valence-corrected chi connectivity index (χ0v) is 20.3. The van der Waals surface area contributed by atoms with Crippen molar-refractivity contribution in [2.75, 3.05) is 0 Å². The lowest BCUT2D eigenvalue weighted by Crippen LogP contribution is -1.84. The molecule has 0 fully saturated rings. The van der Waals surface area contributed by atoms with Gasteiger partial charge in [0.15, 0.2) is 0 Å². The average Bonchev–Trinajstić information content (AvgIpc) is 2.63. The molecule has 0 nitrogen and oxygen atoms in total. The van der Waals surface area contributed by atoms with Crippen LogP contribution in [0.3, 0.4) is 0 Å². The first-order valence-corrected chi connectivity index (χ1v) is 13.8. The lowest BCUT2D eigenvalue weighted by Gasteiger charge is -2.04. The Morgan fingerprint density at radius 1 is 0.320 bits per heavy atom. The van der Waals surface area contributed by atoms with Crippen molar-refractivity contribution in [1.29, 1.82) is 0 Å². The largest absolute Gasteiger partial charge is 0.0658 e. The van der Waals surface area contributed by atoms with E-state index in [-0.39, 0.29) is 0 Å². The van der Waals surface area contributed by atoms with Crippen molar-refractivity contribution in [3.8, 4) is 0 Å². The Labute approximate surface area is 164 Å². The highest BCUT2D eigenvalue weighted by atomic mass is 28.1. The molecule has 0 saturated heterocycles. The molecule has 0 amide bonds. The Morgan fingerprint density at radius 3 is 0.720 bits per heavy atom. The molecule has 0 atom stereocenters. The highest BCUT2D eigenvalue weighted by Gasteiger charge is 1.95. The molecule has 0 spiro atoms. The van der Waals surface area contributed by atoms with Crippen LogP contribution in [0.1, 0.15) is 148 Å². The molecule has 0 saturated carbocycles. The van der Waals surface area contributed by atoms with Crippen molar-refractivity contribution in [2.45, 2.75) is 154 Å². The summed E-state index contributed by atoms with van der Waals surface area (Å²) in [5.74, 6) is 0. The molecule has 0 aliphatic heterocycles. The highest BCUT2D eigenvalue weighted by molar-refractivity contribution is 6.08. The topological polar surface area (TPSA) is 0 Å². The predicted molar refractivity (Wildman–Crippen MR) is 122 cm³/mol. The summed E-state index contributed by atoms with van der Waals surface area (Å²) in [6.07, 6.45) is 32.7. The lowest BCUT2D eigenvalue weighted by molar-refractivity contribution is 0.520. The maximum atomic E-state index is 2.30. The summed E-state index contributed by atoms with van der Waals surface area (Å²) in [6, 6.07) is 1.51. The first-order chi connectivity index (χ1) is 12.4. The van der Waals surface area contributed by atoms with Crippen LogP contribution in [-0.4, -0.2) is 10.2 Å². The van der Waals surface area contributed by atoms with Gasteiger partial charge in [-0.25, -0.2) is 0 Å². The van der Waals surface area contributed by atoms with Gasteiger partial charge >= 0.3 is 0 Å². The average molecular weight is 369 g/mol. The predicted octanol–water partition coefficient (Wildman–Crippen LogP) is 8.37. The Balaban J connectivity index is 2.94. The summed E-state index contributed by atoms with van der Waals surface area (Å²) < 4.78 is 0. The van der Waals surface area contributed by atoms with Crippen LogP contribution in [0.25, 0.3) is 0 Å². The van der Waals surface area contributed by atoms with E-state index < -0.39 is 0 Å². The number of unbranched alkanes of at least 4 members (excludes halogenated alkanes) is 21. The first-order valence-electron chi connectivity index (χ1n) is 12.4. The highest BCUT2D eigenvalue weighted by Crippen LogP contribution is 2.15. The van der Waals surface area contributed by atoms with Crippen LogP contribution in [0.5, 0.6) is 0 Å². The van der Waals surface area contributed by atoms with Crippen LogP contribution >= 0.6 is 0 Å². The fourth-order valence-electron chi connectivity index (χ4n) is 3.86. The Kier molecular flexibility index (Phi) is 24.4. The number of hydrogen-bond acceptors (Lipinski definition) is 0. The number of hydrogen-bond donors (Lipinski definition) is 0. The van der Waals surface area contributed by atoms with Gasteiger partial charge in [0.1, 0.15) is 0 Å². The van der Waals surface area contributed by atoms with E-state index in [4.69, 9.17) is 0 Å². The fraction of sp³-hybridized carbons (Fsp3) is 1.00. The Morgan fingerprint density at radius 2 is 0.520 bits per heavy atom. The van der Waals surface area contributed by atoms with E-state index in [9.17, 15) is 0 Å². The van der Waals surface area contributed by atoms with Crippen molar-refractivity contribution in [3.05, 3.63) is 0 Å². The van der Waals surface area contributed by atoms with Gasteiger partial charge in [0, 0.05) is 10.2 Å². The molecule has 0 aromatic rings. The van der Waals surface area contributed by atoms with E-state index in [1.54, 1.807) is 0 Å². The van der Waals surface area contributed by atoms with Gasteiger partial charge in [-0.15, -0.1) is 0 Å². The molecule has 0 aliphatic rings. The van der Waals surface area contributed by atoms with Crippen molar-refractivity contribution < 1.29 is 0 Å². The van der Waals surface area contributed by atoms with E-state index in [0.29, 0.717) is 0 Å². The molecule has 25 heavy (non-hydrogen) atoms. The normalized spacial score (nSPS) is 11.4. The van der Waals surface area contributed by atoms with Crippen LogP contribution in [-0.2, 0) is 0 Å². The maximum Gasteiger partial charge on any atom is 0.00279 e. The molecule has 0 heterocycles. The van der Waals surface area contributed by atoms with Gasteiger partial charge in [-0.1, -0.05) is 154 Å². The summed E-state index contributed by atoms with van der Waals surface area (Å²) in [7, 11) is 1.41. The molecule has 0 aromatic heterocycles. The van der Waals surface area contributed by atoms with Crippen LogP contribution in [0.4, 0.5) is 0 Å². The molecule has 0 rings (SSSR count). The zero-order chi connectivity index (χ0) is 18.3. The fourth-order valence-corrected chi connectivity index (χ4v) is 4.36. The smallest absolute Gasteiger partial charge is 0.00279 e. The van der Waals surface area contributed by atoms with Gasteiger partial charge in [-0.2, -0.15) is 0 Å². The summed E-state index contributed by atoms with van der Waals surface area (Å²) >= 11 is 0. The van der Waals surface area contributed by atoms with Crippen molar-refractivity contribution in [1.82, 2.24) is 0 Å². The van der Waals surface area contributed by atoms with Gasteiger partial charge in [-0.05, 0) is 0 Å². The summed E-state index contributed by atoms with van der Waals surface area (Å²) in [5, 5.41) is 0. The van der Waals surface area contributed by atoms with Gasteiger partial charge in [0.05, 0.1) is 0 Å². The monoisotopic (exact) mass is 368 g/mol. The molecular formula is C24H52Si. The maximum absolute atomic E-state index is 2.30. The van der Waals surface area contributed by atoms with Gasteiger partial charge < -0.3 is 0 Å². The third kappa shape index (κ3) is 24.2. The summed E-state index contributed by atoms with van der Waals surface area (Å²) in [6.45, 7) is 2.30. The van der Waals surface area contributed by atoms with Crippen LogP contribution < -0.4 is 0 Å². The third-order valence-electron chi connectivity index (χ3n) is 5.71. The van der Waals surface area contributed by atoms with Crippen molar-refractivity contribution in [2.24, 2.45) is 0 Å².